The van der Waals surface area contributed by atoms with Crippen LogP contribution in [0.3, 0.4) is 0 Å². The van der Waals surface area contributed by atoms with E-state index in [1.165, 1.54) is 36.7 Å². The van der Waals surface area contributed by atoms with E-state index >= 15 is 0 Å². The predicted octanol–water partition coefficient (Wildman–Crippen LogP) is 1.20. The molecule has 0 spiro atoms. The van der Waals surface area contributed by atoms with Gasteiger partial charge in [-0.25, -0.2) is 4.79 Å². The summed E-state index contributed by atoms with van der Waals surface area (Å²) in [6.07, 6.45) is 7.91. The highest BCUT2D eigenvalue weighted by Crippen LogP contribution is 2.16. The maximum Gasteiger partial charge on any atom is 0.335 e. The molecular formula is C15H11N3O3. The van der Waals surface area contributed by atoms with Crippen molar-refractivity contribution in [1.29, 1.82) is 0 Å². The summed E-state index contributed by atoms with van der Waals surface area (Å²) in [4.78, 5) is 30.9. The van der Waals surface area contributed by atoms with Crippen LogP contribution in [-0.4, -0.2) is 33.5 Å². The number of carboxylic acid groups (broad SMARTS) is 1. The fraction of sp³-hybridized carbons (Fsp3) is 0.0667. The highest BCUT2D eigenvalue weighted by atomic mass is 16.4. The fourth-order valence-corrected chi connectivity index (χ4v) is 1.65. The Morgan fingerprint density at radius 2 is 1.71 bits per heavy atom. The Hall–Kier alpha value is -3.20. The van der Waals surface area contributed by atoms with Gasteiger partial charge < -0.3 is 10.4 Å². The van der Waals surface area contributed by atoms with Crippen molar-refractivity contribution in [1.82, 2.24) is 15.3 Å². The molecule has 0 aliphatic rings. The van der Waals surface area contributed by atoms with Crippen LogP contribution in [0.4, 0.5) is 0 Å². The van der Waals surface area contributed by atoms with Crippen LogP contribution in [0.15, 0.2) is 36.7 Å². The average molecular weight is 281 g/mol. The summed E-state index contributed by atoms with van der Waals surface area (Å²) < 4.78 is 0. The molecule has 1 amide bonds. The molecule has 0 aliphatic heterocycles. The maximum absolute atomic E-state index is 11.8. The molecule has 104 valence electrons. The zero-order valence-electron chi connectivity index (χ0n) is 10.9. The third-order valence-corrected chi connectivity index (χ3v) is 2.64. The van der Waals surface area contributed by atoms with Crippen LogP contribution in [0.25, 0.3) is 11.4 Å². The minimum absolute atomic E-state index is 0.101. The van der Waals surface area contributed by atoms with E-state index in [1.54, 1.807) is 0 Å². The molecule has 2 aromatic heterocycles. The molecule has 0 radical (unpaired) electrons. The van der Waals surface area contributed by atoms with Gasteiger partial charge in [0.25, 0.3) is 5.91 Å². The van der Waals surface area contributed by atoms with Gasteiger partial charge in [-0.3, -0.25) is 14.8 Å². The van der Waals surface area contributed by atoms with E-state index in [1.807, 2.05) is 0 Å². The van der Waals surface area contributed by atoms with Crippen molar-refractivity contribution >= 4 is 11.9 Å². The number of nitrogens with one attached hydrogen (secondary N) is 1. The second kappa shape index (κ2) is 6.30. The molecule has 0 atom stereocenters. The van der Waals surface area contributed by atoms with E-state index in [2.05, 4.69) is 21.2 Å². The SMILES string of the molecule is C#CCNC(=O)c1ccnc(-c2cc(C(=O)O)ccn2)c1. The zero-order valence-corrected chi connectivity index (χ0v) is 10.9. The number of terminal acetylenes is 1. The number of hydrogen-bond acceptors (Lipinski definition) is 4. The monoisotopic (exact) mass is 281 g/mol. The van der Waals surface area contributed by atoms with Crippen molar-refractivity contribution in [3.8, 4) is 23.7 Å². The van der Waals surface area contributed by atoms with Gasteiger partial charge in [-0.2, -0.15) is 0 Å². The lowest BCUT2D eigenvalue weighted by Gasteiger charge is -2.05. The number of carbonyl (C=O) groups excluding carboxylic acids is 1. The first-order valence-electron chi connectivity index (χ1n) is 5.99. The van der Waals surface area contributed by atoms with E-state index in [-0.39, 0.29) is 18.0 Å². The van der Waals surface area contributed by atoms with Crippen molar-refractivity contribution < 1.29 is 14.7 Å². The molecule has 0 fully saturated rings. The van der Waals surface area contributed by atoms with Gasteiger partial charge in [-0.05, 0) is 24.3 Å². The number of amides is 1. The summed E-state index contributed by atoms with van der Waals surface area (Å²) in [5.74, 6) is 0.928. The highest BCUT2D eigenvalue weighted by Gasteiger charge is 2.10. The average Bonchev–Trinajstić information content (AvgIpc) is 2.52. The molecule has 2 N–H and O–H groups in total. The Kier molecular flexibility index (Phi) is 4.26. The number of carbonyl (C=O) groups is 2. The van der Waals surface area contributed by atoms with Gasteiger partial charge in [0.05, 0.1) is 23.5 Å². The highest BCUT2D eigenvalue weighted by molar-refractivity contribution is 5.95. The molecule has 2 rings (SSSR count). The van der Waals surface area contributed by atoms with Crippen molar-refractivity contribution in [3.63, 3.8) is 0 Å². The topological polar surface area (TPSA) is 92.2 Å². The minimum atomic E-state index is -1.05. The van der Waals surface area contributed by atoms with Crippen LogP contribution < -0.4 is 5.32 Å². The summed E-state index contributed by atoms with van der Waals surface area (Å²) in [5.41, 5.74) is 1.26. The Morgan fingerprint density at radius 1 is 1.14 bits per heavy atom. The molecule has 0 bridgehead atoms. The molecule has 0 aromatic carbocycles. The summed E-state index contributed by atoms with van der Waals surface area (Å²) in [7, 11) is 0. The minimum Gasteiger partial charge on any atom is -0.478 e. The Bertz CT molecular complexity index is 735. The van der Waals surface area contributed by atoms with Crippen LogP contribution in [0.1, 0.15) is 20.7 Å². The lowest BCUT2D eigenvalue weighted by atomic mass is 10.1. The molecule has 6 nitrogen and oxygen atoms in total. The van der Waals surface area contributed by atoms with Gasteiger partial charge >= 0.3 is 5.97 Å². The fourth-order valence-electron chi connectivity index (χ4n) is 1.65. The van der Waals surface area contributed by atoms with E-state index < -0.39 is 5.97 Å². The zero-order chi connectivity index (χ0) is 15.2. The van der Waals surface area contributed by atoms with E-state index in [0.717, 1.165) is 0 Å². The van der Waals surface area contributed by atoms with Gasteiger partial charge in [-0.15, -0.1) is 6.42 Å². The largest absolute Gasteiger partial charge is 0.478 e. The normalized spacial score (nSPS) is 9.67. The van der Waals surface area contributed by atoms with Gasteiger partial charge in [-0.1, -0.05) is 5.92 Å². The first-order chi connectivity index (χ1) is 10.1. The second-order valence-electron chi connectivity index (χ2n) is 4.05. The second-order valence-corrected chi connectivity index (χ2v) is 4.05. The summed E-state index contributed by atoms with van der Waals surface area (Å²) >= 11 is 0. The van der Waals surface area contributed by atoms with Crippen molar-refractivity contribution in [2.24, 2.45) is 0 Å². The molecule has 0 saturated heterocycles. The van der Waals surface area contributed by atoms with Crippen molar-refractivity contribution in [2.75, 3.05) is 6.54 Å². The molecule has 21 heavy (non-hydrogen) atoms. The number of aromatic carboxylic acids is 1. The molecule has 2 heterocycles. The first-order valence-corrected chi connectivity index (χ1v) is 5.99. The third kappa shape index (κ3) is 3.42. The smallest absolute Gasteiger partial charge is 0.335 e. The Balaban J connectivity index is 2.33. The molecule has 0 saturated carbocycles. The van der Waals surface area contributed by atoms with Crippen molar-refractivity contribution in [3.05, 3.63) is 47.8 Å². The van der Waals surface area contributed by atoms with Crippen LogP contribution in [0, 0.1) is 12.3 Å². The summed E-state index contributed by atoms with van der Waals surface area (Å²) in [5, 5.41) is 11.5. The number of nitrogens with zero attached hydrogens (tertiary/aromatic N) is 2. The number of rotatable bonds is 4. The summed E-state index contributed by atoms with van der Waals surface area (Å²) in [6, 6.07) is 5.85. The lowest BCUT2D eigenvalue weighted by Crippen LogP contribution is -2.23. The predicted molar refractivity (Wildman–Crippen MR) is 75.6 cm³/mol. The van der Waals surface area contributed by atoms with Crippen LogP contribution >= 0.6 is 0 Å². The molecule has 6 heteroatoms. The number of carboxylic acids is 1. The molecular weight excluding hydrogens is 270 g/mol. The van der Waals surface area contributed by atoms with Crippen LogP contribution in [0.2, 0.25) is 0 Å². The molecule has 0 aliphatic carbocycles. The number of hydrogen-bond donors (Lipinski definition) is 2. The van der Waals surface area contributed by atoms with Gasteiger partial charge in [0.2, 0.25) is 0 Å². The van der Waals surface area contributed by atoms with E-state index in [0.29, 0.717) is 17.0 Å². The Morgan fingerprint density at radius 3 is 2.29 bits per heavy atom. The van der Waals surface area contributed by atoms with Gasteiger partial charge in [0.15, 0.2) is 0 Å². The van der Waals surface area contributed by atoms with Crippen LogP contribution in [-0.2, 0) is 0 Å². The Labute approximate surface area is 120 Å². The van der Waals surface area contributed by atoms with Crippen molar-refractivity contribution in [2.45, 2.75) is 0 Å². The third-order valence-electron chi connectivity index (χ3n) is 2.64. The van der Waals surface area contributed by atoms with Gasteiger partial charge in [0.1, 0.15) is 0 Å². The first kappa shape index (κ1) is 14.2. The quantitative estimate of drug-likeness (QED) is 0.822. The van der Waals surface area contributed by atoms with E-state index in [9.17, 15) is 9.59 Å². The van der Waals surface area contributed by atoms with Gasteiger partial charge in [0, 0.05) is 18.0 Å². The lowest BCUT2D eigenvalue weighted by molar-refractivity contribution is 0.0696. The summed E-state index contributed by atoms with van der Waals surface area (Å²) in [6.45, 7) is 0.128. The molecule has 2 aromatic rings. The standard InChI is InChI=1S/C15H11N3O3/c1-2-5-18-14(19)10-3-6-16-12(8-10)13-9-11(15(20)21)4-7-17-13/h1,3-4,6-9H,5H2,(H,18,19)(H,20,21). The number of pyridine rings is 2. The maximum atomic E-state index is 11.8. The van der Waals surface area contributed by atoms with E-state index in [4.69, 9.17) is 11.5 Å². The molecule has 0 unspecified atom stereocenters. The van der Waals surface area contributed by atoms with Crippen LogP contribution in [0.5, 0.6) is 0 Å². The number of aromatic nitrogens is 2.